The molecule has 0 atom stereocenters. The Morgan fingerprint density at radius 2 is 1.96 bits per heavy atom. The lowest BCUT2D eigenvalue weighted by atomic mass is 9.98. The first kappa shape index (κ1) is 19.7. The van der Waals surface area contributed by atoms with E-state index < -0.39 is 28.5 Å². The highest BCUT2D eigenvalue weighted by Crippen LogP contribution is 2.28. The summed E-state index contributed by atoms with van der Waals surface area (Å²) in [6, 6.07) is 3.10. The summed E-state index contributed by atoms with van der Waals surface area (Å²) in [5, 5.41) is 23.7. The van der Waals surface area contributed by atoms with Crippen LogP contribution in [0.2, 0.25) is 0 Å². The Morgan fingerprint density at radius 3 is 2.46 bits per heavy atom. The Labute approximate surface area is 159 Å². The Morgan fingerprint density at radius 1 is 1.32 bits per heavy atom. The summed E-state index contributed by atoms with van der Waals surface area (Å²) in [6.07, 6.45) is 1.38. The number of aromatic nitrogens is 4. The van der Waals surface area contributed by atoms with Gasteiger partial charge in [-0.1, -0.05) is 13.8 Å². The second-order valence-electron chi connectivity index (χ2n) is 7.48. The van der Waals surface area contributed by atoms with Crippen LogP contribution in [0.1, 0.15) is 55.4 Å². The molecule has 0 aliphatic rings. The molecule has 0 fully saturated rings. The zero-order chi connectivity index (χ0) is 21.0. The van der Waals surface area contributed by atoms with Gasteiger partial charge in [0.2, 0.25) is 0 Å². The van der Waals surface area contributed by atoms with Gasteiger partial charge in [-0.3, -0.25) is 9.20 Å². The van der Waals surface area contributed by atoms with Crippen molar-refractivity contribution < 1.29 is 19.4 Å². The molecular weight excluding hydrogens is 367 g/mol. The van der Waals surface area contributed by atoms with Gasteiger partial charge in [0, 0.05) is 24.4 Å². The predicted octanol–water partition coefficient (Wildman–Crippen LogP) is 2.28. The van der Waals surface area contributed by atoms with E-state index in [0.29, 0.717) is 17.2 Å². The normalized spacial score (nSPS) is 12.1. The number of rotatable bonds is 4. The summed E-state index contributed by atoms with van der Waals surface area (Å²) in [5.41, 5.74) is -2.15. The van der Waals surface area contributed by atoms with Gasteiger partial charge in [-0.25, -0.2) is 18.9 Å². The molecule has 2 N–H and O–H groups in total. The van der Waals surface area contributed by atoms with Crippen molar-refractivity contribution in [2.45, 2.75) is 39.2 Å². The Hall–Kier alpha value is -3.07. The lowest BCUT2D eigenvalue weighted by molar-refractivity contribution is 0.0646. The van der Waals surface area contributed by atoms with Crippen molar-refractivity contribution in [3.05, 3.63) is 51.5 Å². The van der Waals surface area contributed by atoms with Crippen LogP contribution in [0.5, 0.6) is 0 Å². The minimum atomic E-state index is -1.61. The van der Waals surface area contributed by atoms with Crippen LogP contribution in [0.3, 0.4) is 0 Å². The number of carbonyl (C=O) groups is 1. The molecule has 0 aromatic carbocycles. The number of carboxylic acids is 1. The largest absolute Gasteiger partial charge is 0.477 e. The van der Waals surface area contributed by atoms with Gasteiger partial charge in [0.05, 0.1) is 5.52 Å². The molecule has 0 bridgehead atoms. The summed E-state index contributed by atoms with van der Waals surface area (Å²) < 4.78 is 17.4. The van der Waals surface area contributed by atoms with Crippen LogP contribution >= 0.6 is 0 Å². The molecule has 3 heterocycles. The van der Waals surface area contributed by atoms with Gasteiger partial charge < -0.3 is 10.2 Å². The number of hydrogen-bond donors (Lipinski definition) is 2. The molecule has 3 rings (SSSR count). The van der Waals surface area contributed by atoms with E-state index in [1.807, 2.05) is 0 Å². The van der Waals surface area contributed by atoms with Crippen molar-refractivity contribution in [2.24, 2.45) is 7.05 Å². The highest BCUT2D eigenvalue weighted by atomic mass is 19.1. The van der Waals surface area contributed by atoms with Gasteiger partial charge >= 0.3 is 5.97 Å². The monoisotopic (exact) mass is 388 g/mol. The van der Waals surface area contributed by atoms with Gasteiger partial charge in [0.25, 0.3) is 5.56 Å². The zero-order valence-electron chi connectivity index (χ0n) is 16.2. The quantitative estimate of drug-likeness (QED) is 0.710. The average Bonchev–Trinajstić information content (AvgIpc) is 2.96. The third-order valence-electron chi connectivity index (χ3n) is 4.48. The van der Waals surface area contributed by atoms with Crippen LogP contribution in [0, 0.1) is 5.82 Å². The maximum Gasteiger partial charge on any atom is 0.344 e. The third-order valence-corrected chi connectivity index (χ3v) is 4.48. The molecule has 3 aromatic rings. The molecular formula is C19H21FN4O4. The molecule has 9 heteroatoms. The topological polar surface area (TPSA) is 110 Å². The number of hydrogen-bond acceptors (Lipinski definition) is 5. The Kier molecular flexibility index (Phi) is 4.58. The van der Waals surface area contributed by atoms with Gasteiger partial charge in [-0.2, -0.15) is 5.10 Å². The standard InChI is InChI=1S/C19H21FN4O4/c1-9(2)12-11-8-10(15-21-18(19(3,4)28)23(5)22-15)6-7-24(11)16(25)13(14(12)20)17(26)27/h6-9,28H,1-5H3,(H,26,27). The fourth-order valence-corrected chi connectivity index (χ4v) is 3.26. The van der Waals surface area contributed by atoms with Crippen LogP contribution in [0.4, 0.5) is 4.39 Å². The minimum absolute atomic E-state index is 0.123. The first-order valence-electron chi connectivity index (χ1n) is 8.68. The maximum atomic E-state index is 14.9. The van der Waals surface area contributed by atoms with E-state index in [-0.39, 0.29) is 17.0 Å². The van der Waals surface area contributed by atoms with Gasteiger partial charge in [0.1, 0.15) is 11.4 Å². The molecule has 148 valence electrons. The zero-order valence-corrected chi connectivity index (χ0v) is 16.2. The van der Waals surface area contributed by atoms with E-state index in [1.165, 1.54) is 10.9 Å². The molecule has 3 aromatic heterocycles. The molecule has 0 unspecified atom stereocenters. The predicted molar refractivity (Wildman–Crippen MR) is 99.9 cm³/mol. The number of carboxylic acid groups (broad SMARTS) is 1. The molecule has 0 spiro atoms. The van der Waals surface area contributed by atoms with Crippen molar-refractivity contribution in [2.75, 3.05) is 0 Å². The number of nitrogens with zero attached hydrogens (tertiary/aromatic N) is 4. The molecule has 8 nitrogen and oxygen atoms in total. The molecule has 0 aliphatic heterocycles. The number of aryl methyl sites for hydroxylation is 1. The number of fused-ring (bicyclic) bond motifs is 1. The second-order valence-corrected chi connectivity index (χ2v) is 7.48. The highest BCUT2D eigenvalue weighted by Gasteiger charge is 2.26. The fourth-order valence-electron chi connectivity index (χ4n) is 3.26. The van der Waals surface area contributed by atoms with Crippen molar-refractivity contribution in [1.29, 1.82) is 0 Å². The lowest BCUT2D eigenvalue weighted by Gasteiger charge is -2.15. The minimum Gasteiger partial charge on any atom is -0.477 e. The van der Waals surface area contributed by atoms with E-state index in [1.54, 1.807) is 46.9 Å². The summed E-state index contributed by atoms with van der Waals surface area (Å²) in [5.74, 6) is -2.37. The molecule has 28 heavy (non-hydrogen) atoms. The van der Waals surface area contributed by atoms with Crippen molar-refractivity contribution in [3.63, 3.8) is 0 Å². The summed E-state index contributed by atoms with van der Waals surface area (Å²) >= 11 is 0. The van der Waals surface area contributed by atoms with Crippen molar-refractivity contribution in [3.8, 4) is 11.4 Å². The van der Waals surface area contributed by atoms with Crippen molar-refractivity contribution >= 4 is 11.5 Å². The SMILES string of the molecule is CC(C)c1c(F)c(C(=O)O)c(=O)n2ccc(-c3nc(C(C)(C)O)n(C)n3)cc12. The van der Waals surface area contributed by atoms with E-state index >= 15 is 0 Å². The molecule has 0 saturated carbocycles. The van der Waals surface area contributed by atoms with Gasteiger partial charge in [0.15, 0.2) is 17.2 Å². The average molecular weight is 388 g/mol. The maximum absolute atomic E-state index is 14.9. The fraction of sp³-hybridized carbons (Fsp3) is 0.368. The van der Waals surface area contributed by atoms with Gasteiger partial charge in [-0.05, 0) is 31.9 Å². The molecule has 0 aliphatic carbocycles. The molecule has 0 radical (unpaired) electrons. The lowest BCUT2D eigenvalue weighted by Crippen LogP contribution is -2.26. The summed E-state index contributed by atoms with van der Waals surface area (Å²) in [7, 11) is 1.65. The first-order valence-corrected chi connectivity index (χ1v) is 8.68. The summed E-state index contributed by atoms with van der Waals surface area (Å²) in [4.78, 5) is 28.2. The Balaban J connectivity index is 2.33. The highest BCUT2D eigenvalue weighted by molar-refractivity contribution is 5.89. The molecule has 0 amide bonds. The van der Waals surface area contributed by atoms with Crippen LogP contribution in [0.15, 0.2) is 23.1 Å². The summed E-state index contributed by atoms with van der Waals surface area (Å²) in [6.45, 7) is 6.60. The first-order chi connectivity index (χ1) is 12.9. The number of halogens is 1. The Bertz CT molecular complexity index is 1160. The van der Waals surface area contributed by atoms with E-state index in [2.05, 4.69) is 10.1 Å². The second kappa shape index (κ2) is 6.52. The van der Waals surface area contributed by atoms with E-state index in [4.69, 9.17) is 0 Å². The van der Waals surface area contributed by atoms with E-state index in [9.17, 15) is 24.2 Å². The third kappa shape index (κ3) is 3.07. The number of aromatic carboxylic acids is 1. The van der Waals surface area contributed by atoms with Crippen LogP contribution in [-0.2, 0) is 12.6 Å². The van der Waals surface area contributed by atoms with E-state index in [0.717, 1.165) is 4.40 Å². The molecule has 0 saturated heterocycles. The van der Waals surface area contributed by atoms with Crippen LogP contribution in [-0.4, -0.2) is 35.3 Å². The number of pyridine rings is 2. The van der Waals surface area contributed by atoms with Crippen LogP contribution < -0.4 is 5.56 Å². The number of aliphatic hydroxyl groups is 1. The van der Waals surface area contributed by atoms with Crippen molar-refractivity contribution in [1.82, 2.24) is 19.2 Å². The van der Waals surface area contributed by atoms with Crippen LogP contribution in [0.25, 0.3) is 16.9 Å². The smallest absolute Gasteiger partial charge is 0.344 e. The van der Waals surface area contributed by atoms with Gasteiger partial charge in [-0.15, -0.1) is 0 Å².